The molecule has 2 aliphatic carbocycles. The van der Waals surface area contributed by atoms with Crippen molar-refractivity contribution in [3.8, 4) is 11.5 Å². The van der Waals surface area contributed by atoms with E-state index in [1.54, 1.807) is 31.2 Å². The number of ketones is 2. The number of carbonyl (C=O) groups is 2. The molecule has 2 aliphatic rings. The molecule has 0 heterocycles. The zero-order valence-electron chi connectivity index (χ0n) is 15.4. The number of fused-ring (bicyclic) bond motifs is 1. The van der Waals surface area contributed by atoms with Crippen molar-refractivity contribution in [3.05, 3.63) is 59.7 Å². The Labute approximate surface area is 153 Å². The molecule has 0 saturated heterocycles. The molecule has 0 bridgehead atoms. The molecule has 1 aromatic carbocycles. The van der Waals surface area contributed by atoms with Gasteiger partial charge < -0.3 is 9.84 Å². The molecule has 1 aromatic rings. The van der Waals surface area contributed by atoms with Crippen molar-refractivity contribution in [1.29, 1.82) is 0 Å². The van der Waals surface area contributed by atoms with Crippen LogP contribution in [0, 0.1) is 11.3 Å². The van der Waals surface area contributed by atoms with E-state index in [2.05, 4.69) is 6.58 Å². The molecular formula is C22H24O4. The van der Waals surface area contributed by atoms with Crippen molar-refractivity contribution in [3.63, 3.8) is 0 Å². The zero-order chi connectivity index (χ0) is 19.1. The van der Waals surface area contributed by atoms with Gasteiger partial charge in [0.05, 0.1) is 12.0 Å². The van der Waals surface area contributed by atoms with E-state index >= 15 is 0 Å². The van der Waals surface area contributed by atoms with Crippen molar-refractivity contribution < 1.29 is 19.4 Å². The Kier molecular flexibility index (Phi) is 4.61. The number of benzene rings is 1. The molecule has 136 valence electrons. The first-order valence-electron chi connectivity index (χ1n) is 8.89. The van der Waals surface area contributed by atoms with Gasteiger partial charge in [-0.15, -0.1) is 0 Å². The maximum Gasteiger partial charge on any atom is 0.163 e. The van der Waals surface area contributed by atoms with Crippen LogP contribution in [0.5, 0.6) is 11.5 Å². The lowest BCUT2D eigenvalue weighted by molar-refractivity contribution is -0.137. The summed E-state index contributed by atoms with van der Waals surface area (Å²) in [5.41, 5.74) is 1.40. The highest BCUT2D eigenvalue weighted by molar-refractivity contribution is 6.13. The van der Waals surface area contributed by atoms with E-state index in [4.69, 9.17) is 4.74 Å². The number of carbonyl (C=O) groups excluding carboxylic acids is 2. The van der Waals surface area contributed by atoms with Crippen molar-refractivity contribution in [2.75, 3.05) is 6.61 Å². The van der Waals surface area contributed by atoms with Gasteiger partial charge >= 0.3 is 0 Å². The molecule has 0 aliphatic heterocycles. The Bertz CT molecular complexity index is 846. The summed E-state index contributed by atoms with van der Waals surface area (Å²) >= 11 is 0. The fourth-order valence-electron chi connectivity index (χ4n) is 4.28. The molecule has 3 rings (SSSR count). The van der Waals surface area contributed by atoms with Gasteiger partial charge in [0, 0.05) is 11.8 Å². The van der Waals surface area contributed by atoms with Gasteiger partial charge in [-0.3, -0.25) is 9.59 Å². The topological polar surface area (TPSA) is 63.6 Å². The summed E-state index contributed by atoms with van der Waals surface area (Å²) in [4.78, 5) is 25.8. The first-order valence-corrected chi connectivity index (χ1v) is 8.89. The molecule has 0 fully saturated rings. The second-order valence-electron chi connectivity index (χ2n) is 7.13. The predicted molar refractivity (Wildman–Crippen MR) is 100 cm³/mol. The minimum absolute atomic E-state index is 0.0280. The number of hydrogen-bond donors (Lipinski definition) is 1. The van der Waals surface area contributed by atoms with Crippen LogP contribution in [0.3, 0.4) is 0 Å². The Morgan fingerprint density at radius 1 is 1.38 bits per heavy atom. The van der Waals surface area contributed by atoms with Crippen LogP contribution in [0.25, 0.3) is 0 Å². The number of rotatable bonds is 4. The van der Waals surface area contributed by atoms with Crippen LogP contribution >= 0.6 is 0 Å². The van der Waals surface area contributed by atoms with Crippen LogP contribution in [0.15, 0.2) is 54.2 Å². The lowest BCUT2D eigenvalue weighted by Crippen LogP contribution is -2.49. The van der Waals surface area contributed by atoms with Crippen molar-refractivity contribution in [1.82, 2.24) is 0 Å². The van der Waals surface area contributed by atoms with Gasteiger partial charge in [-0.05, 0) is 55.2 Å². The molecule has 0 spiro atoms. The Balaban J connectivity index is 2.20. The summed E-state index contributed by atoms with van der Waals surface area (Å²) in [6.45, 7) is 9.74. The molecule has 4 heteroatoms. The fraction of sp³-hybridized carbons (Fsp3) is 0.364. The third-order valence-electron chi connectivity index (χ3n) is 5.68. The van der Waals surface area contributed by atoms with Crippen molar-refractivity contribution in [2.45, 2.75) is 33.1 Å². The number of phenols is 1. The molecule has 1 N–H and O–H groups in total. The van der Waals surface area contributed by atoms with Crippen LogP contribution in [-0.4, -0.2) is 23.3 Å². The fourth-order valence-corrected chi connectivity index (χ4v) is 4.28. The zero-order valence-corrected chi connectivity index (χ0v) is 15.4. The van der Waals surface area contributed by atoms with Gasteiger partial charge in [-0.2, -0.15) is 0 Å². The lowest BCUT2D eigenvalue weighted by atomic mass is 9.53. The molecule has 4 nitrogen and oxygen atoms in total. The van der Waals surface area contributed by atoms with Crippen LogP contribution in [0.4, 0.5) is 0 Å². The molecule has 26 heavy (non-hydrogen) atoms. The Morgan fingerprint density at radius 2 is 2.12 bits per heavy atom. The highest BCUT2D eigenvalue weighted by Gasteiger charge is 2.54. The third kappa shape index (κ3) is 2.61. The largest absolute Gasteiger partial charge is 0.504 e. The van der Waals surface area contributed by atoms with E-state index in [-0.39, 0.29) is 23.2 Å². The molecule has 0 radical (unpaired) electrons. The highest BCUT2D eigenvalue weighted by Crippen LogP contribution is 2.55. The lowest BCUT2D eigenvalue weighted by Gasteiger charge is -2.47. The summed E-state index contributed by atoms with van der Waals surface area (Å²) in [5.74, 6) is -0.291. The summed E-state index contributed by atoms with van der Waals surface area (Å²) in [7, 11) is 0. The van der Waals surface area contributed by atoms with Crippen LogP contribution in [0.1, 0.15) is 38.7 Å². The summed E-state index contributed by atoms with van der Waals surface area (Å²) in [6.07, 6.45) is 5.76. The molecule has 3 unspecified atom stereocenters. The average Bonchev–Trinajstić information content (AvgIpc) is 2.61. The van der Waals surface area contributed by atoms with Gasteiger partial charge in [-0.1, -0.05) is 31.7 Å². The van der Waals surface area contributed by atoms with E-state index in [1.807, 2.05) is 19.9 Å². The van der Waals surface area contributed by atoms with Gasteiger partial charge in [0.1, 0.15) is 0 Å². The number of phenolic OH excluding ortho intramolecular Hbond substituents is 1. The van der Waals surface area contributed by atoms with Crippen LogP contribution in [-0.2, 0) is 9.59 Å². The first kappa shape index (κ1) is 18.2. The maximum atomic E-state index is 13.1. The number of allylic oxidation sites excluding steroid dienone is 5. The van der Waals surface area contributed by atoms with E-state index in [0.29, 0.717) is 24.4 Å². The summed E-state index contributed by atoms with van der Waals surface area (Å²) in [6, 6.07) is 5.12. The number of hydrogen-bond acceptors (Lipinski definition) is 4. The first-order chi connectivity index (χ1) is 12.3. The van der Waals surface area contributed by atoms with Crippen molar-refractivity contribution >= 4 is 11.6 Å². The SMILES string of the molecule is C=CC1=CCC2C(=O)C(C)=CC(=O)C2(C)C1c1ccc(O)c(OCC)c1. The molecule has 0 saturated carbocycles. The van der Waals surface area contributed by atoms with E-state index in [0.717, 1.165) is 11.1 Å². The molecule has 0 aromatic heterocycles. The minimum atomic E-state index is -0.880. The standard InChI is InChI=1S/C22H24O4/c1-5-14-7-9-16-21(25)13(3)11-19(24)22(16,4)20(14)15-8-10-17(23)18(12-15)26-6-2/h5,7-8,10-12,16,20,23H,1,6,9H2,2-4H3. The van der Waals surface area contributed by atoms with Gasteiger partial charge in [-0.25, -0.2) is 0 Å². The summed E-state index contributed by atoms with van der Waals surface area (Å²) < 4.78 is 5.51. The van der Waals surface area contributed by atoms with E-state index < -0.39 is 11.3 Å². The average molecular weight is 352 g/mol. The quantitative estimate of drug-likeness (QED) is 0.886. The van der Waals surface area contributed by atoms with Crippen molar-refractivity contribution in [2.24, 2.45) is 11.3 Å². The van der Waals surface area contributed by atoms with Gasteiger partial charge in [0.15, 0.2) is 23.1 Å². The van der Waals surface area contributed by atoms with E-state index in [9.17, 15) is 14.7 Å². The number of Topliss-reactive ketones (excluding diaryl/α,β-unsaturated/α-hetero) is 1. The third-order valence-corrected chi connectivity index (χ3v) is 5.68. The normalized spacial score (nSPS) is 28.1. The summed E-state index contributed by atoms with van der Waals surface area (Å²) in [5, 5.41) is 10.0. The molecule has 0 amide bonds. The van der Waals surface area contributed by atoms with Crippen LogP contribution in [0.2, 0.25) is 0 Å². The highest BCUT2D eigenvalue weighted by atomic mass is 16.5. The smallest absolute Gasteiger partial charge is 0.163 e. The predicted octanol–water partition coefficient (Wildman–Crippen LogP) is 4.11. The van der Waals surface area contributed by atoms with Gasteiger partial charge in [0.25, 0.3) is 0 Å². The Morgan fingerprint density at radius 3 is 2.77 bits per heavy atom. The number of aromatic hydroxyl groups is 1. The monoisotopic (exact) mass is 352 g/mol. The molecule has 3 atom stereocenters. The Hall–Kier alpha value is -2.62. The maximum absolute atomic E-state index is 13.1. The van der Waals surface area contributed by atoms with E-state index in [1.165, 1.54) is 6.08 Å². The van der Waals surface area contributed by atoms with Gasteiger partial charge in [0.2, 0.25) is 0 Å². The second kappa shape index (κ2) is 6.60. The van der Waals surface area contributed by atoms with Crippen LogP contribution < -0.4 is 4.74 Å². The number of ether oxygens (including phenoxy) is 1. The minimum Gasteiger partial charge on any atom is -0.504 e. The molecular weight excluding hydrogens is 328 g/mol. The second-order valence-corrected chi connectivity index (χ2v) is 7.13.